The summed E-state index contributed by atoms with van der Waals surface area (Å²) in [5, 5.41) is 20.4. The molecular weight excluding hydrogens is 452 g/mol. The highest BCUT2D eigenvalue weighted by Gasteiger charge is 2.65. The zero-order valence-corrected chi connectivity index (χ0v) is 17.6. The first kappa shape index (κ1) is 22.6. The summed E-state index contributed by atoms with van der Waals surface area (Å²) in [4.78, 5) is 58.9. The third kappa shape index (κ3) is 4.10. The van der Waals surface area contributed by atoms with Gasteiger partial charge in [-0.2, -0.15) is 0 Å². The Balaban J connectivity index is 1.84. The Bertz CT molecular complexity index is 998. The molecule has 2 unspecified atom stereocenters. The van der Waals surface area contributed by atoms with E-state index in [1.807, 2.05) is 0 Å². The highest BCUT2D eigenvalue weighted by atomic mass is 35.5. The van der Waals surface area contributed by atoms with Crippen molar-refractivity contribution in [3.63, 3.8) is 0 Å². The van der Waals surface area contributed by atoms with E-state index >= 15 is 0 Å². The van der Waals surface area contributed by atoms with E-state index in [9.17, 15) is 34.2 Å². The summed E-state index contributed by atoms with van der Waals surface area (Å²) in [6, 6.07) is 7.70. The number of rotatable bonds is 7. The third-order valence-corrected chi connectivity index (χ3v) is 6.68. The molecule has 3 atom stereocenters. The molecule has 164 valence electrons. The first-order chi connectivity index (χ1) is 14.6. The number of halogens is 1. The second-order valence-corrected chi connectivity index (χ2v) is 8.42. The molecule has 0 aliphatic carbocycles. The fraction of sp³-hybridized carbons (Fsp3) is 0.316. The molecular formula is C19H17ClN2O8S. The second kappa shape index (κ2) is 8.60. The number of fused-ring (bicyclic) bond motifs is 1. The van der Waals surface area contributed by atoms with E-state index in [1.165, 1.54) is 19.1 Å². The van der Waals surface area contributed by atoms with Crippen molar-refractivity contribution in [2.45, 2.75) is 23.2 Å². The van der Waals surface area contributed by atoms with Crippen LogP contribution in [0.15, 0.2) is 41.6 Å². The number of nitrogens with zero attached hydrogens (tertiary/aromatic N) is 1. The zero-order chi connectivity index (χ0) is 22.9. The van der Waals surface area contributed by atoms with Gasteiger partial charge in [0.25, 0.3) is 5.91 Å². The summed E-state index contributed by atoms with van der Waals surface area (Å²) < 4.78 is 4.85. The van der Waals surface area contributed by atoms with Crippen molar-refractivity contribution in [1.29, 1.82) is 0 Å². The number of amides is 2. The number of β-lactam (4-membered cyclic amide) rings is 1. The number of carbonyl (C=O) groups excluding carboxylic acids is 3. The normalized spacial score (nSPS) is 23.4. The molecule has 0 radical (unpaired) electrons. The molecule has 2 heterocycles. The lowest BCUT2D eigenvalue weighted by atomic mass is 9.96. The number of aliphatic carboxylic acids is 2. The number of carbonyl (C=O) groups is 5. The summed E-state index contributed by atoms with van der Waals surface area (Å²) in [5.41, 5.74) is 0.0240. The van der Waals surface area contributed by atoms with Gasteiger partial charge in [-0.15, -0.1) is 11.8 Å². The number of hydrogen-bond acceptors (Lipinski definition) is 7. The standard InChI is InChI=1S/C19H17ClN2O8S/c1-9(23)30-7-11-8-31-18-19(20,17(29)22(18)13(11)16(27)28)21-14(24)12(15(25)26)10-5-3-2-4-6-10/h2-6,12,18H,7-8H2,1H3,(H,21,24)(H,25,26)(H,27,28)/t12?,18-,19?/m0/s1. The van der Waals surface area contributed by atoms with Crippen LogP contribution >= 0.6 is 23.4 Å². The first-order valence-electron chi connectivity index (χ1n) is 8.90. The van der Waals surface area contributed by atoms with Gasteiger partial charge in [0.05, 0.1) is 0 Å². The van der Waals surface area contributed by atoms with Gasteiger partial charge in [-0.1, -0.05) is 41.9 Å². The van der Waals surface area contributed by atoms with Crippen LogP contribution in [0.1, 0.15) is 18.4 Å². The topological polar surface area (TPSA) is 150 Å². The number of carboxylic acids is 2. The second-order valence-electron chi connectivity index (χ2n) is 6.76. The number of alkyl halides is 1. The number of hydrogen-bond donors (Lipinski definition) is 3. The summed E-state index contributed by atoms with van der Waals surface area (Å²) in [6.07, 6.45) is 0. The lowest BCUT2D eigenvalue weighted by Crippen LogP contribution is -2.77. The lowest BCUT2D eigenvalue weighted by Gasteiger charge is -2.54. The maximum absolute atomic E-state index is 12.8. The van der Waals surface area contributed by atoms with Gasteiger partial charge in [-0.25, -0.2) is 4.79 Å². The van der Waals surface area contributed by atoms with Crippen LogP contribution in [-0.2, 0) is 28.7 Å². The molecule has 1 fully saturated rings. The van der Waals surface area contributed by atoms with E-state index in [4.69, 9.17) is 16.3 Å². The molecule has 3 N–H and O–H groups in total. The molecule has 1 aromatic rings. The van der Waals surface area contributed by atoms with E-state index in [0.29, 0.717) is 0 Å². The molecule has 31 heavy (non-hydrogen) atoms. The Hall–Kier alpha value is -3.05. The van der Waals surface area contributed by atoms with Gasteiger partial charge in [0, 0.05) is 18.2 Å². The highest BCUT2D eigenvalue weighted by molar-refractivity contribution is 8.00. The number of esters is 1. The van der Waals surface area contributed by atoms with Crippen LogP contribution in [0.4, 0.5) is 0 Å². The lowest BCUT2D eigenvalue weighted by molar-refractivity contribution is -0.155. The Labute approximate surface area is 185 Å². The van der Waals surface area contributed by atoms with Crippen LogP contribution in [-0.4, -0.2) is 67.6 Å². The van der Waals surface area contributed by atoms with Gasteiger partial charge in [0.15, 0.2) is 5.92 Å². The third-order valence-electron chi connectivity index (χ3n) is 4.70. The maximum atomic E-state index is 12.8. The Kier molecular flexibility index (Phi) is 6.27. The van der Waals surface area contributed by atoms with E-state index in [-0.39, 0.29) is 29.2 Å². The number of nitrogens with one attached hydrogen (secondary N) is 1. The van der Waals surface area contributed by atoms with Gasteiger partial charge in [0.1, 0.15) is 17.7 Å². The number of ether oxygens (including phenoxy) is 1. The smallest absolute Gasteiger partial charge is 0.352 e. The Morgan fingerprint density at radius 3 is 2.48 bits per heavy atom. The zero-order valence-electron chi connectivity index (χ0n) is 16.0. The van der Waals surface area contributed by atoms with Crippen LogP contribution in [0.2, 0.25) is 0 Å². The van der Waals surface area contributed by atoms with E-state index in [0.717, 1.165) is 16.7 Å². The van der Waals surface area contributed by atoms with Crippen molar-refractivity contribution < 1.29 is 38.9 Å². The monoisotopic (exact) mass is 468 g/mol. The van der Waals surface area contributed by atoms with E-state index in [2.05, 4.69) is 5.32 Å². The van der Waals surface area contributed by atoms with E-state index < -0.39 is 46.0 Å². The number of carboxylic acid groups (broad SMARTS) is 2. The van der Waals surface area contributed by atoms with Crippen LogP contribution < -0.4 is 5.32 Å². The van der Waals surface area contributed by atoms with Crippen LogP contribution in [0.25, 0.3) is 0 Å². The largest absolute Gasteiger partial charge is 0.480 e. The average Bonchev–Trinajstić information content (AvgIpc) is 2.71. The Morgan fingerprint density at radius 1 is 1.29 bits per heavy atom. The fourth-order valence-electron chi connectivity index (χ4n) is 3.30. The quantitative estimate of drug-likeness (QED) is 0.173. The average molecular weight is 469 g/mol. The molecule has 0 bridgehead atoms. The summed E-state index contributed by atoms with van der Waals surface area (Å²) in [6.45, 7) is 0.858. The van der Waals surface area contributed by atoms with Gasteiger partial charge in [0.2, 0.25) is 10.9 Å². The molecule has 10 nitrogen and oxygen atoms in total. The van der Waals surface area contributed by atoms with E-state index in [1.54, 1.807) is 18.2 Å². The van der Waals surface area contributed by atoms with Crippen LogP contribution in [0, 0.1) is 0 Å². The fourth-order valence-corrected chi connectivity index (χ4v) is 5.09. The van der Waals surface area contributed by atoms with Crippen LogP contribution in [0.5, 0.6) is 0 Å². The van der Waals surface area contributed by atoms with Crippen molar-refractivity contribution in [2.75, 3.05) is 12.4 Å². The molecule has 3 rings (SSSR count). The van der Waals surface area contributed by atoms with Gasteiger partial charge < -0.3 is 20.3 Å². The van der Waals surface area contributed by atoms with Crippen molar-refractivity contribution >= 4 is 53.1 Å². The molecule has 1 saturated heterocycles. The molecule has 12 heteroatoms. The predicted octanol–water partition coefficient (Wildman–Crippen LogP) is 0.723. The molecule has 0 saturated carbocycles. The number of thioether (sulfide) groups is 1. The van der Waals surface area contributed by atoms with Crippen molar-refractivity contribution in [2.24, 2.45) is 0 Å². The van der Waals surface area contributed by atoms with Crippen molar-refractivity contribution in [3.8, 4) is 0 Å². The number of benzene rings is 1. The molecule has 2 amide bonds. The molecule has 2 aliphatic heterocycles. The Morgan fingerprint density at radius 2 is 1.94 bits per heavy atom. The van der Waals surface area contributed by atoms with Crippen molar-refractivity contribution in [3.05, 3.63) is 47.2 Å². The minimum atomic E-state index is -2.02. The minimum Gasteiger partial charge on any atom is -0.480 e. The summed E-state index contributed by atoms with van der Waals surface area (Å²) in [7, 11) is 0. The minimum absolute atomic E-state index is 0.0781. The maximum Gasteiger partial charge on any atom is 0.352 e. The van der Waals surface area contributed by atoms with Gasteiger partial charge in [-0.05, 0) is 5.56 Å². The SMILES string of the molecule is CC(=O)OCC1=C(C(=O)O)N2C(=O)C(Cl)(NC(=O)C(C(=O)O)c3ccccc3)[C@@H]2SC1. The summed E-state index contributed by atoms with van der Waals surface area (Å²) >= 11 is 7.43. The summed E-state index contributed by atoms with van der Waals surface area (Å²) in [5.74, 6) is -6.92. The van der Waals surface area contributed by atoms with Crippen molar-refractivity contribution in [1.82, 2.24) is 10.2 Å². The highest BCUT2D eigenvalue weighted by Crippen LogP contribution is 2.48. The first-order valence-corrected chi connectivity index (χ1v) is 10.3. The van der Waals surface area contributed by atoms with Gasteiger partial charge in [-0.3, -0.25) is 24.1 Å². The predicted molar refractivity (Wildman–Crippen MR) is 108 cm³/mol. The molecule has 2 aliphatic rings. The van der Waals surface area contributed by atoms with Crippen LogP contribution in [0.3, 0.4) is 0 Å². The van der Waals surface area contributed by atoms with Gasteiger partial charge >= 0.3 is 17.9 Å². The molecule has 1 aromatic carbocycles. The molecule has 0 spiro atoms. The molecule has 0 aromatic heterocycles.